The van der Waals surface area contributed by atoms with Crippen LogP contribution in [0.25, 0.3) is 11.3 Å². The van der Waals surface area contributed by atoms with Crippen LogP contribution in [-0.4, -0.2) is 21.7 Å². The zero-order valence-electron chi connectivity index (χ0n) is 12.6. The third-order valence-electron chi connectivity index (χ3n) is 4.31. The lowest BCUT2D eigenvalue weighted by Gasteiger charge is -2.43. The molecule has 0 aliphatic carbocycles. The molecule has 1 aliphatic rings. The van der Waals surface area contributed by atoms with Crippen LogP contribution >= 0.6 is 11.6 Å². The lowest BCUT2D eigenvalue weighted by atomic mass is 9.77. The monoisotopic (exact) mass is 306 g/mol. The van der Waals surface area contributed by atoms with E-state index in [0.29, 0.717) is 10.8 Å². The number of nitrogens with zero attached hydrogens (tertiary/aromatic N) is 1. The van der Waals surface area contributed by atoms with Crippen molar-refractivity contribution < 1.29 is 9.52 Å². The van der Waals surface area contributed by atoms with Crippen molar-refractivity contribution in [1.29, 1.82) is 0 Å². The highest BCUT2D eigenvalue weighted by Crippen LogP contribution is 2.47. The molecule has 0 spiro atoms. The number of aromatic nitrogens is 1. The van der Waals surface area contributed by atoms with Gasteiger partial charge in [0, 0.05) is 22.7 Å². The minimum absolute atomic E-state index is 0.0645. The molecule has 2 N–H and O–H groups in total. The van der Waals surface area contributed by atoms with Gasteiger partial charge < -0.3 is 14.8 Å². The predicted octanol–water partition coefficient (Wildman–Crippen LogP) is 3.97. The fraction of sp³-hybridized carbons (Fsp3) is 0.438. The summed E-state index contributed by atoms with van der Waals surface area (Å²) in [4.78, 5) is 3.95. The van der Waals surface area contributed by atoms with Gasteiger partial charge in [-0.25, -0.2) is 4.98 Å². The molecule has 0 saturated carbocycles. The highest BCUT2D eigenvalue weighted by molar-refractivity contribution is 6.34. The van der Waals surface area contributed by atoms with Gasteiger partial charge in [0.15, 0.2) is 12.2 Å². The molecule has 2 aromatic rings. The van der Waals surface area contributed by atoms with Crippen molar-refractivity contribution in [3.8, 4) is 11.3 Å². The smallest absolute Gasteiger partial charge is 0.181 e. The fourth-order valence-corrected chi connectivity index (χ4v) is 3.53. The second kappa shape index (κ2) is 4.75. The molecule has 5 heteroatoms. The van der Waals surface area contributed by atoms with Gasteiger partial charge in [-0.15, -0.1) is 0 Å². The molecule has 3 rings (SSSR count). The van der Waals surface area contributed by atoms with Crippen LogP contribution in [0.4, 0.5) is 5.69 Å². The number of oxazole rings is 1. The van der Waals surface area contributed by atoms with E-state index in [1.807, 2.05) is 33.8 Å². The largest absolute Gasteiger partial charge is 0.443 e. The summed E-state index contributed by atoms with van der Waals surface area (Å²) in [6.45, 7) is 8.02. The van der Waals surface area contributed by atoms with Gasteiger partial charge in [0.1, 0.15) is 0 Å². The Hall–Kier alpha value is -1.52. The number of hydrogen-bond donors (Lipinski definition) is 2. The quantitative estimate of drug-likeness (QED) is 0.837. The number of nitrogens with one attached hydrogen (secondary N) is 1. The van der Waals surface area contributed by atoms with E-state index in [9.17, 15) is 5.11 Å². The molecule has 0 fully saturated rings. The van der Waals surface area contributed by atoms with Crippen LogP contribution in [-0.2, 0) is 0 Å². The van der Waals surface area contributed by atoms with Gasteiger partial charge in [-0.2, -0.15) is 0 Å². The van der Waals surface area contributed by atoms with E-state index in [1.54, 1.807) is 6.20 Å². The number of aryl methyl sites for hydroxylation is 1. The van der Waals surface area contributed by atoms with E-state index in [1.165, 1.54) is 6.39 Å². The second-order valence-electron chi connectivity index (χ2n) is 6.29. The van der Waals surface area contributed by atoms with Gasteiger partial charge in [0.05, 0.1) is 22.9 Å². The van der Waals surface area contributed by atoms with Gasteiger partial charge in [-0.1, -0.05) is 18.5 Å². The molecule has 0 bridgehead atoms. The molecule has 0 radical (unpaired) electrons. The van der Waals surface area contributed by atoms with Crippen LogP contribution < -0.4 is 5.32 Å². The average molecular weight is 307 g/mol. The number of fused-ring (bicyclic) bond motifs is 1. The maximum Gasteiger partial charge on any atom is 0.181 e. The Labute approximate surface area is 129 Å². The summed E-state index contributed by atoms with van der Waals surface area (Å²) in [6, 6.07) is 2.00. The number of aliphatic hydroxyl groups is 1. The van der Waals surface area contributed by atoms with Crippen molar-refractivity contribution in [3.63, 3.8) is 0 Å². The number of anilines is 1. The standard InChI is InChI=1S/C16H19ClN2O2/c1-8-5-10(11-6-18-7-21-11)13(17)12-9(2)15(20)16(3,4)19-14(8)12/h5-7,9,15,19-20H,1-4H3. The first kappa shape index (κ1) is 14.4. The highest BCUT2D eigenvalue weighted by Gasteiger charge is 2.40. The first-order valence-electron chi connectivity index (χ1n) is 7.01. The zero-order valence-corrected chi connectivity index (χ0v) is 13.3. The summed E-state index contributed by atoms with van der Waals surface area (Å²) >= 11 is 6.60. The lowest BCUT2D eigenvalue weighted by molar-refractivity contribution is 0.0869. The summed E-state index contributed by atoms with van der Waals surface area (Å²) in [5, 5.41) is 14.6. The fourth-order valence-electron chi connectivity index (χ4n) is 3.12. The number of halogens is 1. The Bertz CT molecular complexity index is 680. The van der Waals surface area contributed by atoms with E-state index < -0.39 is 11.6 Å². The summed E-state index contributed by atoms with van der Waals surface area (Å²) in [5.41, 5.74) is 3.44. The third-order valence-corrected chi connectivity index (χ3v) is 4.72. The third kappa shape index (κ3) is 2.14. The summed E-state index contributed by atoms with van der Waals surface area (Å²) in [6.07, 6.45) is 2.51. The van der Waals surface area contributed by atoms with Gasteiger partial charge in [-0.3, -0.25) is 0 Å². The molecule has 0 amide bonds. The van der Waals surface area contributed by atoms with Crippen LogP contribution in [0.2, 0.25) is 5.02 Å². The topological polar surface area (TPSA) is 58.3 Å². The van der Waals surface area contributed by atoms with Gasteiger partial charge in [0.25, 0.3) is 0 Å². The molecule has 1 aromatic heterocycles. The molecule has 2 atom stereocenters. The van der Waals surface area contributed by atoms with Gasteiger partial charge >= 0.3 is 0 Å². The van der Waals surface area contributed by atoms with Gasteiger partial charge in [0.2, 0.25) is 0 Å². The van der Waals surface area contributed by atoms with E-state index >= 15 is 0 Å². The number of benzene rings is 1. The van der Waals surface area contributed by atoms with Crippen molar-refractivity contribution in [2.24, 2.45) is 0 Å². The molecule has 1 aliphatic heterocycles. The minimum Gasteiger partial charge on any atom is -0.443 e. The molecule has 2 unspecified atom stereocenters. The lowest BCUT2D eigenvalue weighted by Crippen LogP contribution is -2.50. The van der Waals surface area contributed by atoms with E-state index in [2.05, 4.69) is 10.3 Å². The zero-order chi connectivity index (χ0) is 15.4. The van der Waals surface area contributed by atoms with E-state index in [0.717, 1.165) is 22.4 Å². The van der Waals surface area contributed by atoms with Crippen LogP contribution in [0.1, 0.15) is 37.8 Å². The van der Waals surface area contributed by atoms with Crippen molar-refractivity contribution in [3.05, 3.63) is 34.8 Å². The van der Waals surface area contributed by atoms with Crippen LogP contribution in [0, 0.1) is 6.92 Å². The Morgan fingerprint density at radius 2 is 2.14 bits per heavy atom. The van der Waals surface area contributed by atoms with Crippen molar-refractivity contribution >= 4 is 17.3 Å². The van der Waals surface area contributed by atoms with Crippen molar-refractivity contribution in [1.82, 2.24) is 4.98 Å². The van der Waals surface area contributed by atoms with E-state index in [-0.39, 0.29) is 5.92 Å². The van der Waals surface area contributed by atoms with E-state index in [4.69, 9.17) is 16.0 Å². The number of rotatable bonds is 1. The summed E-state index contributed by atoms with van der Waals surface area (Å²) in [7, 11) is 0. The van der Waals surface area contributed by atoms with Crippen LogP contribution in [0.3, 0.4) is 0 Å². The maximum absolute atomic E-state index is 10.5. The molecule has 4 nitrogen and oxygen atoms in total. The molecular formula is C16H19ClN2O2. The first-order valence-corrected chi connectivity index (χ1v) is 7.39. The minimum atomic E-state index is -0.521. The summed E-state index contributed by atoms with van der Waals surface area (Å²) < 4.78 is 5.37. The Morgan fingerprint density at radius 1 is 1.43 bits per heavy atom. The molecule has 1 aromatic carbocycles. The molecule has 0 saturated heterocycles. The Morgan fingerprint density at radius 3 is 2.76 bits per heavy atom. The molecule has 21 heavy (non-hydrogen) atoms. The Balaban J connectivity index is 2.24. The number of hydrogen-bond acceptors (Lipinski definition) is 4. The molecular weight excluding hydrogens is 288 g/mol. The Kier molecular flexibility index (Phi) is 3.26. The van der Waals surface area contributed by atoms with Crippen LogP contribution in [0.5, 0.6) is 0 Å². The second-order valence-corrected chi connectivity index (χ2v) is 6.67. The molecule has 112 valence electrons. The average Bonchev–Trinajstić information content (AvgIpc) is 2.93. The van der Waals surface area contributed by atoms with Gasteiger partial charge in [-0.05, 0) is 32.4 Å². The van der Waals surface area contributed by atoms with Crippen LogP contribution in [0.15, 0.2) is 23.1 Å². The normalized spacial score (nSPS) is 23.5. The highest BCUT2D eigenvalue weighted by atomic mass is 35.5. The first-order chi connectivity index (χ1) is 9.83. The maximum atomic E-state index is 10.5. The predicted molar refractivity (Wildman–Crippen MR) is 83.8 cm³/mol. The van der Waals surface area contributed by atoms with Crippen molar-refractivity contribution in [2.45, 2.75) is 45.3 Å². The van der Waals surface area contributed by atoms with Crippen molar-refractivity contribution in [2.75, 3.05) is 5.32 Å². The summed E-state index contributed by atoms with van der Waals surface area (Å²) in [5.74, 6) is 0.572. The molecule has 2 heterocycles. The SMILES string of the molecule is Cc1cc(-c2cnco2)c(Cl)c2c1NC(C)(C)C(O)C2C. The number of aliphatic hydroxyl groups excluding tert-OH is 1.